The van der Waals surface area contributed by atoms with Gasteiger partial charge >= 0.3 is 145 Å². The molecule has 0 aromatic rings. The molecule has 0 aliphatic heterocycles. The van der Waals surface area contributed by atoms with E-state index in [0.717, 1.165) is 28.0 Å². The van der Waals surface area contributed by atoms with Crippen molar-refractivity contribution >= 4 is 19.8 Å². The van der Waals surface area contributed by atoms with E-state index in [1.165, 1.54) is 6.08 Å². The predicted octanol–water partition coefficient (Wildman–Crippen LogP) is 2.89. The summed E-state index contributed by atoms with van der Waals surface area (Å²) in [5.74, 6) is 0.693. The molecule has 0 bridgehead atoms. The maximum atomic E-state index is 13.1. The van der Waals surface area contributed by atoms with Gasteiger partial charge in [-0.3, -0.25) is 0 Å². The van der Waals surface area contributed by atoms with Gasteiger partial charge in [0.2, 0.25) is 0 Å². The first-order chi connectivity index (χ1) is 10.9. The molecular formula is C18H28NO3Se. The van der Waals surface area contributed by atoms with Gasteiger partial charge in [-0.05, 0) is 0 Å². The molecule has 1 saturated carbocycles. The van der Waals surface area contributed by atoms with Crippen LogP contribution in [0, 0.1) is 30.0 Å². The molecule has 1 aliphatic rings. The van der Waals surface area contributed by atoms with E-state index in [9.17, 15) is 8.63 Å². The molecular weight excluding hydrogens is 357 g/mol. The van der Waals surface area contributed by atoms with Crippen molar-refractivity contribution in [3.8, 4) is 0 Å². The first kappa shape index (κ1) is 20.5. The molecule has 0 N–H and O–H groups in total. The second-order valence-electron chi connectivity index (χ2n) is 5.72. The third-order valence-corrected chi connectivity index (χ3v) is 7.11. The molecule has 5 heteroatoms. The van der Waals surface area contributed by atoms with Crippen LogP contribution < -0.4 is 0 Å². The summed E-state index contributed by atoms with van der Waals surface area (Å²) in [5, 5.41) is 0. The van der Waals surface area contributed by atoms with Crippen molar-refractivity contribution in [3.05, 3.63) is 40.5 Å². The molecule has 0 aromatic heterocycles. The molecule has 0 heterocycles. The minimum atomic E-state index is -2.43. The number of unbranched alkanes of at least 4 members (excludes halogenated alkanes) is 1. The van der Waals surface area contributed by atoms with Crippen molar-refractivity contribution < 1.29 is 13.4 Å². The fourth-order valence-electron chi connectivity index (χ4n) is 2.24. The van der Waals surface area contributed by atoms with Gasteiger partial charge in [0.15, 0.2) is 0 Å². The second kappa shape index (κ2) is 10.4. The summed E-state index contributed by atoms with van der Waals surface area (Å²) < 4.78 is 18.8. The molecule has 129 valence electrons. The van der Waals surface area contributed by atoms with Crippen molar-refractivity contribution in [2.45, 2.75) is 46.1 Å². The zero-order valence-corrected chi connectivity index (χ0v) is 16.5. The summed E-state index contributed by atoms with van der Waals surface area (Å²) >= 11 is -2.43. The van der Waals surface area contributed by atoms with Crippen LogP contribution in [0.1, 0.15) is 40.0 Å². The van der Waals surface area contributed by atoms with E-state index in [-0.39, 0.29) is 6.04 Å². The van der Waals surface area contributed by atoms with E-state index in [2.05, 4.69) is 18.7 Å². The molecule has 23 heavy (non-hydrogen) atoms. The van der Waals surface area contributed by atoms with Crippen LogP contribution >= 0.6 is 0 Å². The van der Waals surface area contributed by atoms with E-state index in [4.69, 9.17) is 4.74 Å². The van der Waals surface area contributed by atoms with Gasteiger partial charge in [-0.25, -0.2) is 0 Å². The van der Waals surface area contributed by atoms with E-state index in [1.54, 1.807) is 6.92 Å². The molecule has 1 rings (SSSR count). The van der Waals surface area contributed by atoms with Crippen LogP contribution in [0.15, 0.2) is 10.5 Å². The Kier molecular flexibility index (Phi) is 9.26. The van der Waals surface area contributed by atoms with Crippen molar-refractivity contribution in [3.63, 3.8) is 0 Å². The predicted molar refractivity (Wildman–Crippen MR) is 93.2 cm³/mol. The molecule has 0 aromatic carbocycles. The van der Waals surface area contributed by atoms with Crippen molar-refractivity contribution in [1.82, 2.24) is 4.90 Å². The number of nitrogens with zero attached hydrogens (tertiary/aromatic N) is 1. The SMILES string of the molecule is CCCC/C(=C/C(=O)OCC)[Se](=O)[C]1[CH][CH][CH][C]1[C@H](C)N(C)C. The Morgan fingerprint density at radius 1 is 1.35 bits per heavy atom. The standard InChI is InChI=1S/C18H28NO3Se/c1-6-8-10-15(13-18(20)22-7-2)23(21)17-12-9-11-16(17)14(3)19(4)5/h9,11-14H,6-8,10H2,1-5H3/b15-13-/t14-,23?/m0/s1. The van der Waals surface area contributed by atoms with Crippen molar-refractivity contribution in [2.75, 3.05) is 20.7 Å². The fourth-order valence-corrected chi connectivity index (χ4v) is 5.32. The van der Waals surface area contributed by atoms with Crippen LogP contribution in [0.3, 0.4) is 0 Å². The van der Waals surface area contributed by atoms with E-state index < -0.39 is 19.8 Å². The van der Waals surface area contributed by atoms with Crippen LogP contribution in [0.5, 0.6) is 0 Å². The van der Waals surface area contributed by atoms with Gasteiger partial charge in [-0.15, -0.1) is 0 Å². The number of allylic oxidation sites excluding steroid dienone is 1. The summed E-state index contributed by atoms with van der Waals surface area (Å²) in [6.07, 6.45) is 9.96. The molecule has 1 fully saturated rings. The van der Waals surface area contributed by atoms with Crippen LogP contribution in [-0.2, 0) is 13.4 Å². The zero-order valence-electron chi connectivity index (χ0n) is 14.8. The summed E-state index contributed by atoms with van der Waals surface area (Å²) in [6, 6.07) is 0.190. The van der Waals surface area contributed by atoms with Gasteiger partial charge in [-0.1, -0.05) is 0 Å². The third-order valence-electron chi connectivity index (χ3n) is 3.81. The Morgan fingerprint density at radius 3 is 2.61 bits per heavy atom. The maximum absolute atomic E-state index is 13.1. The monoisotopic (exact) mass is 386 g/mol. The van der Waals surface area contributed by atoms with Gasteiger partial charge in [-0.2, -0.15) is 0 Å². The normalized spacial score (nSPS) is 20.0. The molecule has 0 amide bonds. The molecule has 2 atom stereocenters. The first-order valence-electron chi connectivity index (χ1n) is 8.13. The summed E-state index contributed by atoms with van der Waals surface area (Å²) in [7, 11) is 4.02. The Balaban J connectivity index is 2.92. The number of hydrogen-bond acceptors (Lipinski definition) is 4. The topological polar surface area (TPSA) is 46.6 Å². The van der Waals surface area contributed by atoms with Crippen LogP contribution in [0.25, 0.3) is 0 Å². The fraction of sp³-hybridized carbons (Fsp3) is 0.556. The van der Waals surface area contributed by atoms with E-state index in [0.29, 0.717) is 13.0 Å². The van der Waals surface area contributed by atoms with Gasteiger partial charge in [0.25, 0.3) is 0 Å². The Morgan fingerprint density at radius 2 is 2.04 bits per heavy atom. The molecule has 4 nitrogen and oxygen atoms in total. The summed E-state index contributed by atoms with van der Waals surface area (Å²) in [4.78, 5) is 14.8. The van der Waals surface area contributed by atoms with Gasteiger partial charge < -0.3 is 0 Å². The number of ether oxygens (including phenoxy) is 1. The summed E-state index contributed by atoms with van der Waals surface area (Å²) in [5.41, 5.74) is 0. The Labute approximate surface area is 145 Å². The molecule has 1 unspecified atom stereocenters. The average molecular weight is 385 g/mol. The van der Waals surface area contributed by atoms with Crippen LogP contribution in [0.4, 0.5) is 0 Å². The van der Waals surface area contributed by atoms with E-state index in [1.807, 2.05) is 33.4 Å². The number of carbonyl (C=O) groups excluding carboxylic acids is 1. The second-order valence-corrected chi connectivity index (χ2v) is 8.87. The van der Waals surface area contributed by atoms with Gasteiger partial charge in [0, 0.05) is 0 Å². The minimum absolute atomic E-state index is 0.190. The number of carbonyl (C=O) groups is 1. The first-order valence-corrected chi connectivity index (χ1v) is 10.5. The zero-order chi connectivity index (χ0) is 17.4. The third kappa shape index (κ3) is 6.13. The van der Waals surface area contributed by atoms with Gasteiger partial charge in [0.1, 0.15) is 0 Å². The Hall–Kier alpha value is -0.511. The van der Waals surface area contributed by atoms with Crippen LogP contribution in [-0.4, -0.2) is 51.4 Å². The molecule has 0 spiro atoms. The number of hydrogen-bond donors (Lipinski definition) is 0. The van der Waals surface area contributed by atoms with Crippen molar-refractivity contribution in [1.29, 1.82) is 0 Å². The molecule has 1 aliphatic carbocycles. The van der Waals surface area contributed by atoms with E-state index >= 15 is 0 Å². The Bertz CT molecular complexity index is 434. The molecule has 0 saturated heterocycles. The van der Waals surface area contributed by atoms with Crippen LogP contribution in [0.2, 0.25) is 0 Å². The molecule has 5 radical (unpaired) electrons. The average Bonchev–Trinajstić information content (AvgIpc) is 2.99. The quantitative estimate of drug-likeness (QED) is 0.348. The van der Waals surface area contributed by atoms with Crippen molar-refractivity contribution in [2.24, 2.45) is 0 Å². The number of esters is 1. The summed E-state index contributed by atoms with van der Waals surface area (Å²) in [6.45, 7) is 6.29. The number of rotatable bonds is 9. The van der Waals surface area contributed by atoms with Gasteiger partial charge in [0.05, 0.1) is 0 Å².